The van der Waals surface area contributed by atoms with Crippen molar-refractivity contribution in [3.05, 3.63) is 12.3 Å². The van der Waals surface area contributed by atoms with E-state index in [1.54, 1.807) is 0 Å². The summed E-state index contributed by atoms with van der Waals surface area (Å²) in [4.78, 5) is 10.0. The minimum atomic E-state index is 0.0509. The summed E-state index contributed by atoms with van der Waals surface area (Å²) in [5, 5.41) is 0. The zero-order chi connectivity index (χ0) is 4.41. The van der Waals surface area contributed by atoms with Gasteiger partial charge in [-0.1, -0.05) is 0 Å². The maximum Gasteiger partial charge on any atom is 0.417 e. The molecule has 3 heteroatoms. The molecule has 6 heavy (non-hydrogen) atoms. The molecule has 0 radical (unpaired) electrons. The number of hydrogen-bond donors (Lipinski definition) is 0. The molecule has 30 valence electrons. The molecule has 0 bridgehead atoms. The van der Waals surface area contributed by atoms with E-state index in [-0.39, 0.29) is 13.2 Å². The van der Waals surface area contributed by atoms with Crippen LogP contribution in [0.2, 0.25) is 0 Å². The van der Waals surface area contributed by atoms with Crippen LogP contribution in [0.3, 0.4) is 0 Å². The van der Waals surface area contributed by atoms with Crippen LogP contribution in [0, 0.1) is 0 Å². The molecule has 1 aliphatic rings. The molecule has 0 N–H and O–H groups in total. The molecule has 0 aliphatic carbocycles. The second-order valence-electron chi connectivity index (χ2n) is 1.08. The van der Waals surface area contributed by atoms with Crippen LogP contribution < -0.4 is 0 Å². The van der Waals surface area contributed by atoms with Gasteiger partial charge in [-0.25, -0.2) is 0 Å². The highest BCUT2D eigenvalue weighted by Gasteiger charge is 2.04. The Labute approximate surface area is 36.1 Å². The standard InChI is InChI=1S/C3H3BO2/c5-3-1-2-6-4-3/h1-2,4H. The van der Waals surface area contributed by atoms with Gasteiger partial charge in [-0.15, -0.1) is 0 Å². The lowest BCUT2D eigenvalue weighted by Gasteiger charge is -1.76. The van der Waals surface area contributed by atoms with E-state index in [9.17, 15) is 4.79 Å². The molecule has 0 unspecified atom stereocenters. The van der Waals surface area contributed by atoms with E-state index in [1.165, 1.54) is 12.3 Å². The van der Waals surface area contributed by atoms with Gasteiger partial charge in [0.2, 0.25) is 0 Å². The summed E-state index contributed by atoms with van der Waals surface area (Å²) >= 11 is 0. The van der Waals surface area contributed by atoms with E-state index in [0.29, 0.717) is 0 Å². The third-order valence-electron chi connectivity index (χ3n) is 0.576. The van der Waals surface area contributed by atoms with Crippen LogP contribution in [0.15, 0.2) is 12.3 Å². The number of allylic oxidation sites excluding steroid dienone is 1. The SMILES string of the molecule is O=C1BOC=C1. The van der Waals surface area contributed by atoms with Crippen LogP contribution in [0.4, 0.5) is 0 Å². The van der Waals surface area contributed by atoms with Crippen molar-refractivity contribution in [1.29, 1.82) is 0 Å². The molecule has 0 amide bonds. The predicted octanol–water partition coefficient (Wildman–Crippen LogP) is -0.592. The first-order valence-corrected chi connectivity index (χ1v) is 1.70. The summed E-state index contributed by atoms with van der Waals surface area (Å²) in [7, 11) is 0.236. The normalized spacial score (nSPS) is 17.0. The van der Waals surface area contributed by atoms with Gasteiger partial charge in [0.15, 0.2) is 5.68 Å². The Morgan fingerprint density at radius 1 is 1.83 bits per heavy atom. The van der Waals surface area contributed by atoms with Crippen LogP contribution in [0.25, 0.3) is 0 Å². The predicted molar refractivity (Wildman–Crippen MR) is 22.4 cm³/mol. The third-order valence-corrected chi connectivity index (χ3v) is 0.576. The molecule has 1 rings (SSSR count). The van der Waals surface area contributed by atoms with E-state index in [0.717, 1.165) is 0 Å². The quantitative estimate of drug-likeness (QED) is 0.365. The Morgan fingerprint density at radius 2 is 2.67 bits per heavy atom. The maximum atomic E-state index is 10.0. The molecule has 0 aromatic heterocycles. The molecular formula is C3H3BO2. The molecular weight excluding hydrogens is 78.8 g/mol. The topological polar surface area (TPSA) is 26.3 Å². The van der Waals surface area contributed by atoms with Gasteiger partial charge < -0.3 is 9.45 Å². The van der Waals surface area contributed by atoms with Crippen molar-refractivity contribution in [3.8, 4) is 0 Å². The second-order valence-corrected chi connectivity index (χ2v) is 1.08. The first kappa shape index (κ1) is 3.46. The first-order chi connectivity index (χ1) is 2.89. The minimum absolute atomic E-state index is 0.0509. The highest BCUT2D eigenvalue weighted by molar-refractivity contribution is 6.72. The van der Waals surface area contributed by atoms with Crippen molar-refractivity contribution in [2.75, 3.05) is 0 Å². The van der Waals surface area contributed by atoms with Gasteiger partial charge in [0.25, 0.3) is 0 Å². The fourth-order valence-electron chi connectivity index (χ4n) is 0.302. The fourth-order valence-corrected chi connectivity index (χ4v) is 0.302. The van der Waals surface area contributed by atoms with Gasteiger partial charge in [0, 0.05) is 6.08 Å². The second kappa shape index (κ2) is 1.16. The van der Waals surface area contributed by atoms with Gasteiger partial charge in [-0.3, -0.25) is 0 Å². The average Bonchev–Trinajstić information content (AvgIpc) is 1.86. The molecule has 0 aromatic carbocycles. The Hall–Kier alpha value is -0.725. The number of carbonyl (C=O) groups is 1. The first-order valence-electron chi connectivity index (χ1n) is 1.70. The number of carbonyl (C=O) groups excluding carboxylic acids is 1. The van der Waals surface area contributed by atoms with Crippen molar-refractivity contribution in [2.45, 2.75) is 0 Å². The molecule has 1 aliphatic heterocycles. The van der Waals surface area contributed by atoms with Crippen molar-refractivity contribution in [3.63, 3.8) is 0 Å². The van der Waals surface area contributed by atoms with Gasteiger partial charge in [-0.05, 0) is 0 Å². The van der Waals surface area contributed by atoms with Crippen molar-refractivity contribution in [2.24, 2.45) is 0 Å². The molecule has 0 spiro atoms. The molecule has 2 nitrogen and oxygen atoms in total. The lowest BCUT2D eigenvalue weighted by Crippen LogP contribution is -1.98. The van der Waals surface area contributed by atoms with E-state index >= 15 is 0 Å². The Kier molecular flexibility index (Phi) is 0.672. The molecule has 0 atom stereocenters. The van der Waals surface area contributed by atoms with Crippen LogP contribution in [0.5, 0.6) is 0 Å². The molecule has 0 saturated heterocycles. The molecule has 1 heterocycles. The zero-order valence-corrected chi connectivity index (χ0v) is 3.18. The molecule has 0 saturated carbocycles. The summed E-state index contributed by atoms with van der Waals surface area (Å²) in [6.07, 6.45) is 2.82. The van der Waals surface area contributed by atoms with Crippen LogP contribution in [-0.2, 0) is 9.45 Å². The van der Waals surface area contributed by atoms with Crippen molar-refractivity contribution in [1.82, 2.24) is 0 Å². The Morgan fingerprint density at radius 3 is 2.83 bits per heavy atom. The van der Waals surface area contributed by atoms with Crippen molar-refractivity contribution < 1.29 is 9.45 Å². The number of hydrogen-bond acceptors (Lipinski definition) is 2. The monoisotopic (exact) mass is 82.0 g/mol. The summed E-state index contributed by atoms with van der Waals surface area (Å²) in [5.41, 5.74) is 0.0509. The van der Waals surface area contributed by atoms with Gasteiger partial charge in [0.05, 0.1) is 6.26 Å². The average molecular weight is 81.9 g/mol. The van der Waals surface area contributed by atoms with Crippen LogP contribution >= 0.6 is 0 Å². The number of rotatable bonds is 0. The molecule has 0 fully saturated rings. The largest absolute Gasteiger partial charge is 0.561 e. The molecule has 0 aromatic rings. The fraction of sp³-hybridized carbons (Fsp3) is 0. The van der Waals surface area contributed by atoms with Gasteiger partial charge in [0.1, 0.15) is 0 Å². The van der Waals surface area contributed by atoms with E-state index in [2.05, 4.69) is 4.65 Å². The smallest absolute Gasteiger partial charge is 0.417 e. The Bertz CT molecular complexity index is 97.0. The van der Waals surface area contributed by atoms with Crippen LogP contribution in [-0.4, -0.2) is 13.2 Å². The summed E-state index contributed by atoms with van der Waals surface area (Å²) in [6, 6.07) is 0. The van der Waals surface area contributed by atoms with Gasteiger partial charge in [-0.2, -0.15) is 0 Å². The van der Waals surface area contributed by atoms with Crippen molar-refractivity contribution >= 4 is 13.2 Å². The summed E-state index contributed by atoms with van der Waals surface area (Å²) < 4.78 is 4.53. The zero-order valence-electron chi connectivity index (χ0n) is 3.18. The third kappa shape index (κ3) is 0.430. The summed E-state index contributed by atoms with van der Waals surface area (Å²) in [5.74, 6) is 0. The summed E-state index contributed by atoms with van der Waals surface area (Å²) in [6.45, 7) is 0. The van der Waals surface area contributed by atoms with Gasteiger partial charge >= 0.3 is 7.48 Å². The van der Waals surface area contributed by atoms with E-state index in [4.69, 9.17) is 0 Å². The Balaban J connectivity index is 2.59. The highest BCUT2D eigenvalue weighted by Crippen LogP contribution is 1.86. The lowest BCUT2D eigenvalue weighted by atomic mass is 9.97. The highest BCUT2D eigenvalue weighted by atomic mass is 16.4. The van der Waals surface area contributed by atoms with Crippen LogP contribution in [0.1, 0.15) is 0 Å². The lowest BCUT2D eigenvalue weighted by molar-refractivity contribution is -0.108. The van der Waals surface area contributed by atoms with E-state index < -0.39 is 0 Å². The van der Waals surface area contributed by atoms with E-state index in [1.807, 2.05) is 0 Å². The maximum absolute atomic E-state index is 10.0. The minimum Gasteiger partial charge on any atom is -0.561 e.